The Labute approximate surface area is 155 Å². The van der Waals surface area contributed by atoms with Gasteiger partial charge in [0.05, 0.1) is 10.9 Å². The van der Waals surface area contributed by atoms with E-state index < -0.39 is 10.0 Å². The van der Waals surface area contributed by atoms with Gasteiger partial charge >= 0.3 is 0 Å². The summed E-state index contributed by atoms with van der Waals surface area (Å²) in [7, 11) is -3.65. The van der Waals surface area contributed by atoms with E-state index in [2.05, 4.69) is 5.32 Å². The van der Waals surface area contributed by atoms with Gasteiger partial charge in [-0.2, -0.15) is 4.31 Å². The average molecular weight is 381 g/mol. The number of hydrogen-bond acceptors (Lipinski definition) is 5. The summed E-state index contributed by atoms with van der Waals surface area (Å²) >= 11 is 0. The van der Waals surface area contributed by atoms with Crippen LogP contribution in [0.15, 0.2) is 29.2 Å². The highest BCUT2D eigenvalue weighted by Gasteiger charge is 2.31. The second-order valence-corrected chi connectivity index (χ2v) is 8.43. The van der Waals surface area contributed by atoms with Gasteiger partial charge in [0.2, 0.25) is 15.9 Å². The third kappa shape index (κ3) is 4.69. The zero-order valence-electron chi connectivity index (χ0n) is 15.6. The molecule has 1 heterocycles. The van der Waals surface area contributed by atoms with E-state index in [1.807, 2.05) is 18.7 Å². The molecule has 1 aromatic rings. The Kier molecular flexibility index (Phi) is 6.91. The lowest BCUT2D eigenvalue weighted by Crippen LogP contribution is -2.54. The summed E-state index contributed by atoms with van der Waals surface area (Å²) in [6, 6.07) is 5.84. The van der Waals surface area contributed by atoms with Crippen molar-refractivity contribution in [1.29, 1.82) is 0 Å². The van der Waals surface area contributed by atoms with Crippen molar-refractivity contribution in [1.82, 2.24) is 14.5 Å². The molecule has 0 bridgehead atoms. The molecule has 1 amide bonds. The van der Waals surface area contributed by atoms with Gasteiger partial charge in [0.25, 0.3) is 0 Å². The molecular weight excluding hydrogens is 354 g/mol. The van der Waals surface area contributed by atoms with Gasteiger partial charge in [-0.3, -0.25) is 14.5 Å². The molecule has 0 radical (unpaired) electrons. The summed E-state index contributed by atoms with van der Waals surface area (Å²) in [5.74, 6) is -0.198. The molecule has 2 rings (SSSR count). The fourth-order valence-electron chi connectivity index (χ4n) is 2.92. The first-order valence-electron chi connectivity index (χ1n) is 8.90. The van der Waals surface area contributed by atoms with Gasteiger partial charge in [0, 0.05) is 38.3 Å². The van der Waals surface area contributed by atoms with Crippen LogP contribution in [-0.2, 0) is 14.8 Å². The van der Waals surface area contributed by atoms with E-state index in [0.29, 0.717) is 38.3 Å². The molecule has 144 valence electrons. The molecule has 0 aliphatic carbocycles. The van der Waals surface area contributed by atoms with E-state index >= 15 is 0 Å². The van der Waals surface area contributed by atoms with Gasteiger partial charge in [-0.25, -0.2) is 8.42 Å². The number of piperazine rings is 1. The van der Waals surface area contributed by atoms with Crippen molar-refractivity contribution in [2.24, 2.45) is 0 Å². The van der Waals surface area contributed by atoms with E-state index in [4.69, 9.17) is 0 Å². The molecule has 7 nitrogen and oxygen atoms in total. The lowest BCUT2D eigenvalue weighted by molar-refractivity contribution is -0.126. The summed E-state index contributed by atoms with van der Waals surface area (Å²) in [5.41, 5.74) is 0.380. The van der Waals surface area contributed by atoms with Gasteiger partial charge in [-0.1, -0.05) is 19.1 Å². The lowest BCUT2D eigenvalue weighted by Gasteiger charge is -2.36. The molecule has 1 aromatic carbocycles. The van der Waals surface area contributed by atoms with Crippen molar-refractivity contribution in [3.8, 4) is 0 Å². The van der Waals surface area contributed by atoms with E-state index in [9.17, 15) is 18.0 Å². The quantitative estimate of drug-likeness (QED) is 0.715. The smallest absolute Gasteiger partial charge is 0.243 e. The topological polar surface area (TPSA) is 86.8 Å². The Bertz CT molecular complexity index is 755. The molecule has 1 atom stereocenters. The molecule has 1 saturated heterocycles. The van der Waals surface area contributed by atoms with Crippen molar-refractivity contribution in [3.63, 3.8) is 0 Å². The van der Waals surface area contributed by atoms with Crippen molar-refractivity contribution >= 4 is 21.7 Å². The predicted molar refractivity (Wildman–Crippen MR) is 99.5 cm³/mol. The third-order valence-electron chi connectivity index (χ3n) is 4.63. The fourth-order valence-corrected chi connectivity index (χ4v) is 4.39. The zero-order chi connectivity index (χ0) is 19.3. The monoisotopic (exact) mass is 381 g/mol. The number of carbonyl (C=O) groups is 2. The molecule has 1 fully saturated rings. The Balaban J connectivity index is 2.03. The molecule has 8 heteroatoms. The van der Waals surface area contributed by atoms with Crippen LogP contribution in [0.3, 0.4) is 0 Å². The number of amides is 1. The number of nitrogens with zero attached hydrogens (tertiary/aromatic N) is 2. The van der Waals surface area contributed by atoms with Crippen LogP contribution in [0, 0.1) is 0 Å². The molecule has 0 spiro atoms. The normalized spacial score (nSPS) is 17.7. The number of ketones is 1. The maximum Gasteiger partial charge on any atom is 0.243 e. The molecule has 0 saturated carbocycles. The van der Waals surface area contributed by atoms with E-state index in [0.717, 1.165) is 6.42 Å². The predicted octanol–water partition coefficient (Wildman–Crippen LogP) is 1.11. The minimum absolute atomic E-state index is 0.0303. The number of hydrogen-bond donors (Lipinski definition) is 1. The van der Waals surface area contributed by atoms with Crippen molar-refractivity contribution in [3.05, 3.63) is 29.8 Å². The first kappa shape index (κ1) is 20.5. The molecule has 1 aliphatic rings. The van der Waals surface area contributed by atoms with Gasteiger partial charge < -0.3 is 5.32 Å². The summed E-state index contributed by atoms with van der Waals surface area (Å²) in [6.45, 7) is 7.51. The van der Waals surface area contributed by atoms with E-state index in [-0.39, 0.29) is 22.6 Å². The van der Waals surface area contributed by atoms with Crippen LogP contribution in [0.4, 0.5) is 0 Å². The lowest BCUT2D eigenvalue weighted by atomic mass is 10.2. The van der Waals surface area contributed by atoms with E-state index in [1.165, 1.54) is 23.4 Å². The standard InChI is InChI=1S/C18H27N3O4S/c1-4-8-19-18(23)14(2)20-9-11-21(12-10-20)26(24,25)17-7-5-6-16(13-17)15(3)22/h5-7,13-14H,4,8-12H2,1-3H3,(H,19,23)/t14-/m0/s1. The van der Waals surface area contributed by atoms with Crippen LogP contribution >= 0.6 is 0 Å². The van der Waals surface area contributed by atoms with Gasteiger partial charge in [-0.05, 0) is 32.4 Å². The van der Waals surface area contributed by atoms with Crippen LogP contribution in [-0.4, -0.2) is 68.1 Å². The zero-order valence-corrected chi connectivity index (χ0v) is 16.4. The van der Waals surface area contributed by atoms with Gasteiger partial charge in [0.1, 0.15) is 0 Å². The minimum atomic E-state index is -3.65. The molecule has 0 aromatic heterocycles. The number of rotatable bonds is 7. The summed E-state index contributed by atoms with van der Waals surface area (Å²) < 4.78 is 27.1. The third-order valence-corrected chi connectivity index (χ3v) is 6.52. The summed E-state index contributed by atoms with van der Waals surface area (Å²) in [6.07, 6.45) is 0.879. The van der Waals surface area contributed by atoms with Crippen molar-refractivity contribution in [2.75, 3.05) is 32.7 Å². The maximum atomic E-state index is 12.8. The second-order valence-electron chi connectivity index (χ2n) is 6.49. The number of benzene rings is 1. The van der Waals surface area contributed by atoms with E-state index in [1.54, 1.807) is 12.1 Å². The van der Waals surface area contributed by atoms with Crippen molar-refractivity contribution < 1.29 is 18.0 Å². The van der Waals surface area contributed by atoms with Crippen LogP contribution in [0.2, 0.25) is 0 Å². The maximum absolute atomic E-state index is 12.8. The Morgan fingerprint density at radius 3 is 2.42 bits per heavy atom. The number of nitrogens with one attached hydrogen (secondary N) is 1. The minimum Gasteiger partial charge on any atom is -0.355 e. The highest BCUT2D eigenvalue weighted by Crippen LogP contribution is 2.20. The Morgan fingerprint density at radius 1 is 1.19 bits per heavy atom. The van der Waals surface area contributed by atoms with Crippen LogP contribution < -0.4 is 5.32 Å². The highest BCUT2D eigenvalue weighted by atomic mass is 32.2. The Morgan fingerprint density at radius 2 is 1.85 bits per heavy atom. The molecule has 26 heavy (non-hydrogen) atoms. The number of sulfonamides is 1. The van der Waals surface area contributed by atoms with Gasteiger partial charge in [0.15, 0.2) is 5.78 Å². The van der Waals surface area contributed by atoms with Crippen LogP contribution in [0.25, 0.3) is 0 Å². The molecule has 1 N–H and O–H groups in total. The summed E-state index contributed by atoms with van der Waals surface area (Å²) in [4.78, 5) is 25.7. The second kappa shape index (κ2) is 8.75. The SMILES string of the molecule is CCCNC(=O)[C@H](C)N1CCN(S(=O)(=O)c2cccc(C(C)=O)c2)CC1. The first-order chi connectivity index (χ1) is 12.3. The average Bonchev–Trinajstić information content (AvgIpc) is 2.65. The van der Waals surface area contributed by atoms with Gasteiger partial charge in [-0.15, -0.1) is 0 Å². The van der Waals surface area contributed by atoms with Crippen LogP contribution in [0.5, 0.6) is 0 Å². The first-order valence-corrected chi connectivity index (χ1v) is 10.3. The largest absolute Gasteiger partial charge is 0.355 e. The number of Topliss-reactive ketones (excluding diaryl/α,β-unsaturated/α-hetero) is 1. The molecule has 0 unspecified atom stereocenters. The Hall–Kier alpha value is -1.77. The van der Waals surface area contributed by atoms with Crippen LogP contribution in [0.1, 0.15) is 37.6 Å². The highest BCUT2D eigenvalue weighted by molar-refractivity contribution is 7.89. The molecule has 1 aliphatic heterocycles. The summed E-state index contributed by atoms with van der Waals surface area (Å²) in [5, 5.41) is 2.87. The number of carbonyl (C=O) groups excluding carboxylic acids is 2. The molecular formula is C18H27N3O4S. The van der Waals surface area contributed by atoms with Crippen molar-refractivity contribution in [2.45, 2.75) is 38.1 Å². The fraction of sp³-hybridized carbons (Fsp3) is 0.556.